The Morgan fingerprint density at radius 1 is 1.36 bits per heavy atom. The minimum atomic E-state index is -0.621. The molecule has 1 unspecified atom stereocenters. The first kappa shape index (κ1) is 15.9. The molecule has 1 aromatic heterocycles. The van der Waals surface area contributed by atoms with Crippen molar-refractivity contribution in [3.05, 3.63) is 52.9 Å². The van der Waals surface area contributed by atoms with E-state index in [0.29, 0.717) is 11.4 Å². The normalized spacial score (nSPS) is 11.7. The molecule has 2 amide bonds. The highest BCUT2D eigenvalue weighted by molar-refractivity contribution is 6.33. The van der Waals surface area contributed by atoms with Gasteiger partial charge < -0.3 is 20.8 Å². The molecule has 1 aromatic carbocycles. The van der Waals surface area contributed by atoms with Crippen LogP contribution in [0.3, 0.4) is 0 Å². The van der Waals surface area contributed by atoms with Crippen molar-refractivity contribution < 1.29 is 14.0 Å². The summed E-state index contributed by atoms with van der Waals surface area (Å²) >= 11 is 5.86. The Labute approximate surface area is 132 Å². The zero-order valence-electron chi connectivity index (χ0n) is 11.9. The fourth-order valence-corrected chi connectivity index (χ4v) is 2.12. The number of hydrogen-bond donors (Lipinski definition) is 3. The van der Waals surface area contributed by atoms with Crippen LogP contribution in [0, 0.1) is 0 Å². The fraction of sp³-hybridized carbons (Fsp3) is 0.200. The third-order valence-electron chi connectivity index (χ3n) is 3.03. The molecule has 0 saturated heterocycles. The van der Waals surface area contributed by atoms with E-state index >= 15 is 0 Å². The SMILES string of the molecule is CC(NC(=O)CNc1ccc(Cl)c(C(N)=O)c1)c1ccco1. The fourth-order valence-electron chi connectivity index (χ4n) is 1.91. The van der Waals surface area contributed by atoms with E-state index in [1.165, 1.54) is 6.07 Å². The van der Waals surface area contributed by atoms with Crippen LogP contribution in [0.2, 0.25) is 5.02 Å². The molecule has 6 nitrogen and oxygen atoms in total. The van der Waals surface area contributed by atoms with Crippen LogP contribution < -0.4 is 16.4 Å². The first-order valence-electron chi connectivity index (χ1n) is 6.63. The molecule has 2 rings (SSSR count). The van der Waals surface area contributed by atoms with Crippen molar-refractivity contribution in [2.75, 3.05) is 11.9 Å². The number of nitrogens with two attached hydrogens (primary N) is 1. The number of nitrogens with one attached hydrogen (secondary N) is 2. The molecule has 22 heavy (non-hydrogen) atoms. The lowest BCUT2D eigenvalue weighted by Gasteiger charge is -2.13. The lowest BCUT2D eigenvalue weighted by Crippen LogP contribution is -2.31. The monoisotopic (exact) mass is 321 g/mol. The van der Waals surface area contributed by atoms with Crippen LogP contribution in [-0.4, -0.2) is 18.4 Å². The molecular weight excluding hydrogens is 306 g/mol. The Morgan fingerprint density at radius 2 is 2.14 bits per heavy atom. The van der Waals surface area contributed by atoms with Crippen molar-refractivity contribution in [3.63, 3.8) is 0 Å². The number of halogens is 1. The Hall–Kier alpha value is -2.47. The van der Waals surface area contributed by atoms with Crippen LogP contribution in [0.4, 0.5) is 5.69 Å². The van der Waals surface area contributed by atoms with Crippen molar-refractivity contribution in [1.82, 2.24) is 5.32 Å². The molecule has 0 fully saturated rings. The molecule has 0 aliphatic rings. The van der Waals surface area contributed by atoms with Gasteiger partial charge in [0, 0.05) is 5.69 Å². The summed E-state index contributed by atoms with van der Waals surface area (Å²) in [6.45, 7) is 1.87. The van der Waals surface area contributed by atoms with E-state index < -0.39 is 5.91 Å². The summed E-state index contributed by atoms with van der Waals surface area (Å²) in [6, 6.07) is 8.04. The molecule has 4 N–H and O–H groups in total. The number of primary amides is 1. The number of carbonyl (C=O) groups is 2. The third kappa shape index (κ3) is 4.02. The molecule has 0 bridgehead atoms. The van der Waals surface area contributed by atoms with Crippen molar-refractivity contribution in [1.29, 1.82) is 0 Å². The Kier molecular flexibility index (Phi) is 5.06. The van der Waals surface area contributed by atoms with Crippen LogP contribution in [0.1, 0.15) is 29.1 Å². The molecule has 0 aliphatic carbocycles. The minimum absolute atomic E-state index is 0.0465. The van der Waals surface area contributed by atoms with Gasteiger partial charge in [-0.25, -0.2) is 0 Å². The Balaban J connectivity index is 1.91. The summed E-state index contributed by atoms with van der Waals surface area (Å²) in [5.74, 6) is -0.153. The van der Waals surface area contributed by atoms with Crippen LogP contribution >= 0.6 is 11.6 Å². The zero-order chi connectivity index (χ0) is 16.1. The number of anilines is 1. The van der Waals surface area contributed by atoms with Gasteiger partial charge in [0.25, 0.3) is 0 Å². The van der Waals surface area contributed by atoms with Gasteiger partial charge in [0.2, 0.25) is 11.8 Å². The number of rotatable bonds is 6. The van der Waals surface area contributed by atoms with Crippen molar-refractivity contribution in [2.24, 2.45) is 5.73 Å². The van der Waals surface area contributed by atoms with E-state index in [-0.39, 0.29) is 29.1 Å². The Bertz CT molecular complexity index is 671. The molecule has 2 aromatic rings. The zero-order valence-corrected chi connectivity index (χ0v) is 12.7. The van der Waals surface area contributed by atoms with Gasteiger partial charge in [0.1, 0.15) is 5.76 Å². The maximum atomic E-state index is 11.9. The highest BCUT2D eigenvalue weighted by atomic mass is 35.5. The summed E-state index contributed by atoms with van der Waals surface area (Å²) in [5.41, 5.74) is 6.01. The van der Waals surface area contributed by atoms with E-state index in [1.807, 2.05) is 6.92 Å². The van der Waals surface area contributed by atoms with Gasteiger partial charge in [0.15, 0.2) is 0 Å². The van der Waals surface area contributed by atoms with Gasteiger partial charge in [-0.15, -0.1) is 0 Å². The van der Waals surface area contributed by atoms with Crippen molar-refractivity contribution in [2.45, 2.75) is 13.0 Å². The molecule has 1 atom stereocenters. The van der Waals surface area contributed by atoms with Crippen LogP contribution in [-0.2, 0) is 4.79 Å². The molecular formula is C15H16ClN3O3. The molecule has 0 spiro atoms. The highest BCUT2D eigenvalue weighted by Gasteiger charge is 2.12. The number of furan rings is 1. The standard InChI is InChI=1S/C15H16ClN3O3/c1-9(13-3-2-6-22-13)19-14(20)8-18-10-4-5-12(16)11(7-10)15(17)21/h2-7,9,18H,8H2,1H3,(H2,17,21)(H,19,20). The van der Waals surface area contributed by atoms with Gasteiger partial charge in [-0.2, -0.15) is 0 Å². The van der Waals surface area contributed by atoms with Gasteiger partial charge in [-0.05, 0) is 37.3 Å². The molecule has 116 valence electrons. The minimum Gasteiger partial charge on any atom is -0.467 e. The second-order valence-corrected chi connectivity index (χ2v) is 5.12. The average Bonchev–Trinajstić information content (AvgIpc) is 3.00. The van der Waals surface area contributed by atoms with E-state index in [0.717, 1.165) is 0 Å². The molecule has 0 saturated carbocycles. The Morgan fingerprint density at radius 3 is 2.77 bits per heavy atom. The first-order valence-corrected chi connectivity index (χ1v) is 7.01. The highest BCUT2D eigenvalue weighted by Crippen LogP contribution is 2.20. The summed E-state index contributed by atoms with van der Waals surface area (Å²) in [4.78, 5) is 23.1. The second-order valence-electron chi connectivity index (χ2n) is 4.72. The van der Waals surface area contributed by atoms with Crippen LogP contribution in [0.25, 0.3) is 0 Å². The lowest BCUT2D eigenvalue weighted by atomic mass is 10.2. The number of amides is 2. The van der Waals surface area contributed by atoms with Gasteiger partial charge >= 0.3 is 0 Å². The van der Waals surface area contributed by atoms with Crippen LogP contribution in [0.15, 0.2) is 41.0 Å². The maximum absolute atomic E-state index is 11.9. The summed E-state index contributed by atoms with van der Waals surface area (Å²) in [7, 11) is 0. The smallest absolute Gasteiger partial charge is 0.250 e. The number of carbonyl (C=O) groups excluding carboxylic acids is 2. The number of benzene rings is 1. The predicted octanol–water partition coefficient (Wildman–Crippen LogP) is 2.32. The van der Waals surface area contributed by atoms with Crippen molar-refractivity contribution in [3.8, 4) is 0 Å². The first-order chi connectivity index (χ1) is 10.5. The average molecular weight is 322 g/mol. The maximum Gasteiger partial charge on any atom is 0.250 e. The summed E-state index contributed by atoms with van der Waals surface area (Å²) in [6.07, 6.45) is 1.55. The van der Waals surface area contributed by atoms with E-state index in [1.54, 1.807) is 30.5 Å². The van der Waals surface area contributed by atoms with Gasteiger partial charge in [-0.1, -0.05) is 11.6 Å². The summed E-state index contributed by atoms with van der Waals surface area (Å²) in [5, 5.41) is 5.97. The van der Waals surface area contributed by atoms with Gasteiger partial charge in [-0.3, -0.25) is 9.59 Å². The lowest BCUT2D eigenvalue weighted by molar-refractivity contribution is -0.120. The van der Waals surface area contributed by atoms with Gasteiger partial charge in [0.05, 0.1) is 29.4 Å². The second kappa shape index (κ2) is 7.00. The molecule has 0 aliphatic heterocycles. The molecule has 7 heteroatoms. The number of hydrogen-bond acceptors (Lipinski definition) is 4. The quantitative estimate of drug-likeness (QED) is 0.760. The predicted molar refractivity (Wildman–Crippen MR) is 83.7 cm³/mol. The topological polar surface area (TPSA) is 97.4 Å². The van der Waals surface area contributed by atoms with Crippen molar-refractivity contribution >= 4 is 29.1 Å². The van der Waals surface area contributed by atoms with E-state index in [2.05, 4.69) is 10.6 Å². The van der Waals surface area contributed by atoms with Crippen LogP contribution in [0.5, 0.6) is 0 Å². The third-order valence-corrected chi connectivity index (χ3v) is 3.36. The molecule has 0 radical (unpaired) electrons. The largest absolute Gasteiger partial charge is 0.467 e. The molecule has 1 heterocycles. The summed E-state index contributed by atoms with van der Waals surface area (Å²) < 4.78 is 5.21. The van der Waals surface area contributed by atoms with E-state index in [9.17, 15) is 9.59 Å². The van der Waals surface area contributed by atoms with E-state index in [4.69, 9.17) is 21.8 Å².